The summed E-state index contributed by atoms with van der Waals surface area (Å²) in [7, 11) is -2.52. The number of fused-ring (bicyclic) bond motifs is 1. The van der Waals surface area contributed by atoms with Gasteiger partial charge in [-0.15, -0.1) is 5.54 Å². The van der Waals surface area contributed by atoms with Crippen LogP contribution in [0, 0.1) is 11.5 Å². The molecule has 2 aromatic rings. The second-order valence-electron chi connectivity index (χ2n) is 10.0. The second-order valence-corrected chi connectivity index (χ2v) is 20.4. The normalized spacial score (nSPS) is 12.2. The molecule has 1 aromatic carbocycles. The van der Waals surface area contributed by atoms with Crippen molar-refractivity contribution >= 4 is 27.1 Å². The molecule has 1 aromatic heterocycles. The summed E-state index contributed by atoms with van der Waals surface area (Å²) in [6, 6.07) is 7.92. The van der Waals surface area contributed by atoms with Crippen molar-refractivity contribution in [2.45, 2.75) is 84.7 Å². The number of unbranched alkanes of at least 4 members (excludes halogenated alkanes) is 2. The van der Waals surface area contributed by atoms with E-state index in [9.17, 15) is 0 Å². The van der Waals surface area contributed by atoms with Crippen LogP contribution in [0.1, 0.15) is 37.4 Å². The Bertz CT molecular complexity index is 832. The number of ether oxygens (including phenoxy) is 1. The van der Waals surface area contributed by atoms with E-state index < -0.39 is 16.1 Å². The van der Waals surface area contributed by atoms with Gasteiger partial charge in [0.25, 0.3) is 0 Å². The molecule has 0 saturated heterocycles. The van der Waals surface area contributed by atoms with Gasteiger partial charge in [0, 0.05) is 20.1 Å². The zero-order valence-electron chi connectivity index (χ0n) is 19.0. The highest BCUT2D eigenvalue weighted by Crippen LogP contribution is 2.22. The van der Waals surface area contributed by atoms with Crippen LogP contribution in [-0.4, -0.2) is 32.5 Å². The van der Waals surface area contributed by atoms with Crippen molar-refractivity contribution in [1.82, 2.24) is 9.78 Å². The molecule has 0 N–H and O–H groups in total. The Morgan fingerprint density at radius 3 is 2.46 bits per heavy atom. The van der Waals surface area contributed by atoms with E-state index in [1.807, 2.05) is 4.68 Å². The number of nitrogens with zero attached hydrogens (tertiary/aromatic N) is 2. The Morgan fingerprint density at radius 1 is 1.07 bits per heavy atom. The number of benzene rings is 1. The van der Waals surface area contributed by atoms with E-state index in [4.69, 9.17) is 9.84 Å². The second kappa shape index (κ2) is 9.91. The van der Waals surface area contributed by atoms with E-state index in [1.165, 1.54) is 30.9 Å². The van der Waals surface area contributed by atoms with Gasteiger partial charge in [0.1, 0.15) is 20.5 Å². The third kappa shape index (κ3) is 7.58. The summed E-state index contributed by atoms with van der Waals surface area (Å²) in [5, 5.41) is 5.97. The molecule has 1 heterocycles. The number of aromatic nitrogens is 2. The van der Waals surface area contributed by atoms with E-state index >= 15 is 0 Å². The first-order valence-corrected chi connectivity index (χ1v) is 17.9. The van der Waals surface area contributed by atoms with E-state index in [2.05, 4.69) is 75.9 Å². The van der Waals surface area contributed by atoms with Gasteiger partial charge in [-0.2, -0.15) is 5.10 Å². The summed E-state index contributed by atoms with van der Waals surface area (Å²) in [6.07, 6.45) is 4.90. The lowest BCUT2D eigenvalue weighted by atomic mass is 10.1. The smallest absolute Gasteiger partial charge is 0.142 e. The minimum Gasteiger partial charge on any atom is -0.360 e. The van der Waals surface area contributed by atoms with Crippen LogP contribution in [0.5, 0.6) is 0 Å². The zero-order valence-corrected chi connectivity index (χ0v) is 21.0. The Labute approximate surface area is 173 Å². The lowest BCUT2D eigenvalue weighted by Gasteiger charge is -2.15. The first-order chi connectivity index (χ1) is 13.1. The minimum absolute atomic E-state index is 0.508. The highest BCUT2D eigenvalue weighted by molar-refractivity contribution is 6.83. The van der Waals surface area contributed by atoms with E-state index in [1.54, 1.807) is 0 Å². The fourth-order valence-electron chi connectivity index (χ4n) is 2.92. The SMILES string of the molecule is CCCCCc1ccc2c(C#C[Si](C)(C)C)nn(COCC[Si](C)(C)C)c2c1. The summed E-state index contributed by atoms with van der Waals surface area (Å²) in [5.74, 6) is 3.37. The van der Waals surface area contributed by atoms with Crippen LogP contribution in [0.25, 0.3) is 10.9 Å². The summed E-state index contributed by atoms with van der Waals surface area (Å²) in [4.78, 5) is 0. The molecule has 0 saturated carbocycles. The molecule has 0 aliphatic rings. The standard InChI is InChI=1S/C23H38N2OSi2/c1-8-9-10-11-20-12-13-21-22(14-16-27(2,3)4)24-25(23(21)18-20)19-26-15-17-28(5,6)7/h12-13,18H,8-11,15,17,19H2,1-7H3. The Kier molecular flexibility index (Phi) is 8.11. The maximum atomic E-state index is 6.00. The van der Waals surface area contributed by atoms with Gasteiger partial charge in [0.15, 0.2) is 0 Å². The molecule has 0 bridgehead atoms. The van der Waals surface area contributed by atoms with Crippen molar-refractivity contribution in [3.8, 4) is 11.5 Å². The number of rotatable bonds is 9. The molecular formula is C23H38N2OSi2. The minimum atomic E-state index is -1.44. The van der Waals surface area contributed by atoms with Crippen molar-refractivity contribution in [3.05, 3.63) is 29.5 Å². The van der Waals surface area contributed by atoms with Gasteiger partial charge in [-0.3, -0.25) is 0 Å². The third-order valence-corrected chi connectivity index (χ3v) is 7.23. The molecule has 0 fully saturated rings. The van der Waals surface area contributed by atoms with Gasteiger partial charge in [-0.1, -0.05) is 71.0 Å². The maximum Gasteiger partial charge on any atom is 0.142 e. The molecule has 28 heavy (non-hydrogen) atoms. The Balaban J connectivity index is 2.27. The van der Waals surface area contributed by atoms with Crippen molar-refractivity contribution in [2.24, 2.45) is 0 Å². The average molecular weight is 415 g/mol. The molecule has 0 unspecified atom stereocenters. The van der Waals surface area contributed by atoms with Crippen molar-refractivity contribution in [2.75, 3.05) is 6.61 Å². The van der Waals surface area contributed by atoms with Gasteiger partial charge in [-0.05, 0) is 36.6 Å². The van der Waals surface area contributed by atoms with Crippen LogP contribution in [-0.2, 0) is 17.9 Å². The van der Waals surface area contributed by atoms with E-state index in [0.717, 1.165) is 29.6 Å². The van der Waals surface area contributed by atoms with E-state index in [-0.39, 0.29) is 0 Å². The van der Waals surface area contributed by atoms with Crippen LogP contribution >= 0.6 is 0 Å². The molecule has 0 amide bonds. The molecule has 5 heteroatoms. The number of aryl methyl sites for hydroxylation is 1. The van der Waals surface area contributed by atoms with Gasteiger partial charge >= 0.3 is 0 Å². The summed E-state index contributed by atoms with van der Waals surface area (Å²) in [5.41, 5.74) is 6.90. The third-order valence-electron chi connectivity index (χ3n) is 4.65. The molecule has 0 spiro atoms. The number of hydrogen-bond donors (Lipinski definition) is 0. The zero-order chi connectivity index (χ0) is 20.8. The van der Waals surface area contributed by atoms with Crippen molar-refractivity contribution in [1.29, 1.82) is 0 Å². The lowest BCUT2D eigenvalue weighted by molar-refractivity contribution is 0.0816. The van der Waals surface area contributed by atoms with E-state index in [0.29, 0.717) is 6.73 Å². The van der Waals surface area contributed by atoms with Gasteiger partial charge in [0.05, 0.1) is 5.52 Å². The monoisotopic (exact) mass is 414 g/mol. The summed E-state index contributed by atoms with van der Waals surface area (Å²) in [6.45, 7) is 17.5. The van der Waals surface area contributed by atoms with Gasteiger partial charge < -0.3 is 4.74 Å². The Hall–Kier alpha value is -1.36. The van der Waals surface area contributed by atoms with Crippen LogP contribution in [0.3, 0.4) is 0 Å². The van der Waals surface area contributed by atoms with Crippen molar-refractivity contribution < 1.29 is 4.74 Å². The highest BCUT2D eigenvalue weighted by Gasteiger charge is 2.14. The topological polar surface area (TPSA) is 27.1 Å². The van der Waals surface area contributed by atoms with Crippen LogP contribution in [0.15, 0.2) is 18.2 Å². The largest absolute Gasteiger partial charge is 0.360 e. The molecular weight excluding hydrogens is 376 g/mol. The maximum absolute atomic E-state index is 6.00. The lowest BCUT2D eigenvalue weighted by Crippen LogP contribution is -2.22. The molecule has 154 valence electrons. The molecule has 0 atom stereocenters. The fraction of sp³-hybridized carbons (Fsp3) is 0.609. The summed E-state index contributed by atoms with van der Waals surface area (Å²) >= 11 is 0. The quantitative estimate of drug-likeness (QED) is 0.273. The summed E-state index contributed by atoms with van der Waals surface area (Å²) < 4.78 is 8.01. The predicted molar refractivity (Wildman–Crippen MR) is 127 cm³/mol. The van der Waals surface area contributed by atoms with Gasteiger partial charge in [-0.25, -0.2) is 4.68 Å². The number of hydrogen-bond acceptors (Lipinski definition) is 2. The molecule has 3 nitrogen and oxygen atoms in total. The van der Waals surface area contributed by atoms with Crippen LogP contribution in [0.2, 0.25) is 45.3 Å². The fourth-order valence-corrected chi connectivity index (χ4v) is 4.17. The molecule has 0 aliphatic carbocycles. The van der Waals surface area contributed by atoms with Crippen LogP contribution in [0.4, 0.5) is 0 Å². The first-order valence-electron chi connectivity index (χ1n) is 10.7. The first kappa shape index (κ1) is 22.9. The highest BCUT2D eigenvalue weighted by atomic mass is 28.3. The van der Waals surface area contributed by atoms with Crippen molar-refractivity contribution in [3.63, 3.8) is 0 Å². The Morgan fingerprint density at radius 2 is 1.82 bits per heavy atom. The molecule has 0 radical (unpaired) electrons. The van der Waals surface area contributed by atoms with Crippen LogP contribution < -0.4 is 0 Å². The molecule has 2 rings (SSSR count). The molecule has 0 aliphatic heterocycles. The average Bonchev–Trinajstić information content (AvgIpc) is 2.93. The predicted octanol–water partition coefficient (Wildman–Crippen LogP) is 6.31. The van der Waals surface area contributed by atoms with Gasteiger partial charge in [0.2, 0.25) is 0 Å².